The molecule has 1 aliphatic carbocycles. The summed E-state index contributed by atoms with van der Waals surface area (Å²) in [5.41, 5.74) is 4.15. The van der Waals surface area contributed by atoms with Gasteiger partial charge in [0, 0.05) is 19.6 Å². The molecule has 0 bridgehead atoms. The highest BCUT2D eigenvalue weighted by Crippen LogP contribution is 2.41. The lowest BCUT2D eigenvalue weighted by molar-refractivity contribution is -0.132. The summed E-state index contributed by atoms with van der Waals surface area (Å²) >= 11 is 0. The number of benzene rings is 2. The molecule has 2 atom stereocenters. The summed E-state index contributed by atoms with van der Waals surface area (Å²) in [5.74, 6) is -0.896. The van der Waals surface area contributed by atoms with E-state index in [-0.39, 0.29) is 6.10 Å². The lowest BCUT2D eigenvalue weighted by Crippen LogP contribution is -2.30. The van der Waals surface area contributed by atoms with Gasteiger partial charge in [-0.15, -0.1) is 0 Å². The van der Waals surface area contributed by atoms with Crippen molar-refractivity contribution in [1.29, 1.82) is 0 Å². The first kappa shape index (κ1) is 43.7. The molecule has 0 aliphatic heterocycles. The van der Waals surface area contributed by atoms with Crippen LogP contribution in [0.15, 0.2) is 72.3 Å². The number of carboxylic acid groups (broad SMARTS) is 1. The number of rotatable bonds is 31. The molecular formula is C48H74O4. The van der Waals surface area contributed by atoms with Crippen LogP contribution >= 0.6 is 0 Å². The Bertz CT molecular complexity index is 1280. The van der Waals surface area contributed by atoms with E-state index in [0.717, 1.165) is 42.6 Å². The molecule has 1 aliphatic rings. The minimum atomic E-state index is -0.896. The van der Waals surface area contributed by atoms with Crippen LogP contribution in [0.1, 0.15) is 192 Å². The summed E-state index contributed by atoms with van der Waals surface area (Å²) in [5, 5.41) is 9.62. The van der Waals surface area contributed by atoms with Crippen LogP contribution in [0.5, 0.6) is 0 Å². The third-order valence-corrected chi connectivity index (χ3v) is 11.0. The Hall–Kier alpha value is -2.69. The standard InChI is InChI=1S/C48H74O4/c1-4-6-8-10-12-13-14-15-16-17-18-19-20-22-23-27-39-51-41(3)42-31-33-43(34-32-42)45-29-25-26-30-46(45)48(37-35-44(36-38-48)47(49)50)52-40-28-24-21-11-9-7-5-2/h25-26,29-37,41H,4-24,27-28,38-40H2,1-3H3,(H,49,50). The summed E-state index contributed by atoms with van der Waals surface area (Å²) < 4.78 is 13.0. The number of hydrogen-bond donors (Lipinski definition) is 1. The summed E-state index contributed by atoms with van der Waals surface area (Å²) in [6.07, 6.45) is 36.7. The highest BCUT2D eigenvalue weighted by atomic mass is 16.5. The Balaban J connectivity index is 1.41. The molecular weight excluding hydrogens is 641 g/mol. The normalized spacial score (nSPS) is 16.2. The van der Waals surface area contributed by atoms with Crippen LogP contribution in [0.4, 0.5) is 0 Å². The van der Waals surface area contributed by atoms with Crippen molar-refractivity contribution >= 4 is 5.97 Å². The number of unbranched alkanes of at least 4 members (excludes halogenated alkanes) is 21. The van der Waals surface area contributed by atoms with Crippen molar-refractivity contribution in [2.45, 2.75) is 187 Å². The van der Waals surface area contributed by atoms with Gasteiger partial charge in [0.2, 0.25) is 0 Å². The van der Waals surface area contributed by atoms with E-state index >= 15 is 0 Å². The fraction of sp³-hybridized carbons (Fsp3) is 0.646. The van der Waals surface area contributed by atoms with Crippen LogP contribution in [0, 0.1) is 0 Å². The van der Waals surface area contributed by atoms with Crippen molar-refractivity contribution < 1.29 is 19.4 Å². The van der Waals surface area contributed by atoms with Gasteiger partial charge in [0.15, 0.2) is 0 Å². The molecule has 0 spiro atoms. The molecule has 2 unspecified atom stereocenters. The molecule has 0 aromatic heterocycles. The number of aliphatic carboxylic acids is 1. The second-order valence-corrected chi connectivity index (χ2v) is 15.3. The van der Waals surface area contributed by atoms with Gasteiger partial charge in [0.1, 0.15) is 5.60 Å². The minimum absolute atomic E-state index is 0.0538. The van der Waals surface area contributed by atoms with Crippen LogP contribution in [-0.2, 0) is 19.9 Å². The zero-order valence-electron chi connectivity index (χ0n) is 33.5. The van der Waals surface area contributed by atoms with Crippen LogP contribution < -0.4 is 0 Å². The van der Waals surface area contributed by atoms with Gasteiger partial charge in [-0.25, -0.2) is 4.79 Å². The maximum absolute atomic E-state index is 11.7. The van der Waals surface area contributed by atoms with E-state index in [1.807, 2.05) is 12.2 Å². The largest absolute Gasteiger partial charge is 0.478 e. The zero-order valence-corrected chi connectivity index (χ0v) is 33.5. The molecule has 0 radical (unpaired) electrons. The third-order valence-electron chi connectivity index (χ3n) is 11.0. The van der Waals surface area contributed by atoms with Crippen molar-refractivity contribution in [1.82, 2.24) is 0 Å². The van der Waals surface area contributed by atoms with Crippen LogP contribution in [-0.4, -0.2) is 24.3 Å². The Morgan fingerprint density at radius 2 is 1.13 bits per heavy atom. The predicted molar refractivity (Wildman–Crippen MR) is 221 cm³/mol. The predicted octanol–water partition coefficient (Wildman–Crippen LogP) is 14.6. The van der Waals surface area contributed by atoms with E-state index < -0.39 is 11.6 Å². The van der Waals surface area contributed by atoms with Crippen LogP contribution in [0.3, 0.4) is 0 Å². The molecule has 1 N–H and O–H groups in total. The monoisotopic (exact) mass is 715 g/mol. The van der Waals surface area contributed by atoms with Gasteiger partial charge in [-0.05, 0) is 54.2 Å². The summed E-state index contributed by atoms with van der Waals surface area (Å²) in [6, 6.07) is 17.2. The number of carboxylic acids is 1. The number of hydrogen-bond acceptors (Lipinski definition) is 3. The van der Waals surface area contributed by atoms with Crippen molar-refractivity contribution in [2.24, 2.45) is 0 Å². The lowest BCUT2D eigenvalue weighted by Gasteiger charge is -2.34. The number of carbonyl (C=O) groups is 1. The molecule has 2 aromatic rings. The fourth-order valence-corrected chi connectivity index (χ4v) is 7.52. The summed E-state index contributed by atoms with van der Waals surface area (Å²) in [6.45, 7) is 8.15. The molecule has 0 saturated heterocycles. The van der Waals surface area contributed by atoms with Crippen molar-refractivity contribution in [3.8, 4) is 11.1 Å². The van der Waals surface area contributed by atoms with Crippen LogP contribution in [0.2, 0.25) is 0 Å². The number of ether oxygens (including phenoxy) is 2. The Morgan fingerprint density at radius 1 is 0.654 bits per heavy atom. The average Bonchev–Trinajstić information content (AvgIpc) is 3.17. The molecule has 2 aromatic carbocycles. The van der Waals surface area contributed by atoms with E-state index in [2.05, 4.69) is 69.3 Å². The van der Waals surface area contributed by atoms with Gasteiger partial charge in [0.25, 0.3) is 0 Å². The molecule has 0 fully saturated rings. The van der Waals surface area contributed by atoms with Gasteiger partial charge in [-0.2, -0.15) is 0 Å². The van der Waals surface area contributed by atoms with Gasteiger partial charge < -0.3 is 14.6 Å². The van der Waals surface area contributed by atoms with E-state index in [4.69, 9.17) is 9.47 Å². The van der Waals surface area contributed by atoms with Gasteiger partial charge in [-0.1, -0.05) is 203 Å². The summed E-state index contributed by atoms with van der Waals surface area (Å²) in [4.78, 5) is 11.7. The maximum Gasteiger partial charge on any atom is 0.335 e. The zero-order chi connectivity index (χ0) is 37.1. The maximum atomic E-state index is 11.7. The first-order valence-corrected chi connectivity index (χ1v) is 21.6. The Morgan fingerprint density at radius 3 is 1.62 bits per heavy atom. The second-order valence-electron chi connectivity index (χ2n) is 15.3. The highest BCUT2D eigenvalue weighted by molar-refractivity contribution is 5.90. The molecule has 0 amide bonds. The molecule has 290 valence electrons. The minimum Gasteiger partial charge on any atom is -0.478 e. The Kier molecular flexibility index (Phi) is 22.7. The van der Waals surface area contributed by atoms with E-state index in [0.29, 0.717) is 18.6 Å². The summed E-state index contributed by atoms with van der Waals surface area (Å²) in [7, 11) is 0. The van der Waals surface area contributed by atoms with Gasteiger partial charge in [0.05, 0.1) is 11.7 Å². The van der Waals surface area contributed by atoms with Crippen molar-refractivity contribution in [3.63, 3.8) is 0 Å². The quantitative estimate of drug-likeness (QED) is 0.0790. The average molecular weight is 715 g/mol. The lowest BCUT2D eigenvalue weighted by atomic mass is 9.81. The highest BCUT2D eigenvalue weighted by Gasteiger charge is 2.34. The topological polar surface area (TPSA) is 55.8 Å². The molecule has 3 rings (SSSR count). The van der Waals surface area contributed by atoms with Crippen molar-refractivity contribution in [2.75, 3.05) is 13.2 Å². The molecule has 4 heteroatoms. The Labute approximate surface area is 318 Å². The fourth-order valence-electron chi connectivity index (χ4n) is 7.52. The second kappa shape index (κ2) is 27.0. The molecule has 52 heavy (non-hydrogen) atoms. The van der Waals surface area contributed by atoms with Gasteiger partial charge >= 0.3 is 5.97 Å². The van der Waals surface area contributed by atoms with E-state index in [1.165, 1.54) is 134 Å². The molecule has 0 heterocycles. The van der Waals surface area contributed by atoms with E-state index in [1.54, 1.807) is 6.08 Å². The smallest absolute Gasteiger partial charge is 0.335 e. The SMILES string of the molecule is CCCCCCCCCCCCCCCCCCOC(C)c1ccc(-c2ccccc2C2(OCCCCCCCCC)C=CC(C(=O)O)=CC2)cc1. The van der Waals surface area contributed by atoms with Crippen molar-refractivity contribution in [3.05, 3.63) is 83.5 Å². The van der Waals surface area contributed by atoms with Gasteiger partial charge in [-0.3, -0.25) is 0 Å². The molecule has 0 saturated carbocycles. The first-order valence-electron chi connectivity index (χ1n) is 21.6. The van der Waals surface area contributed by atoms with Crippen LogP contribution in [0.25, 0.3) is 11.1 Å². The van der Waals surface area contributed by atoms with E-state index in [9.17, 15) is 9.90 Å². The first-order chi connectivity index (χ1) is 25.5. The molecule has 4 nitrogen and oxygen atoms in total. The third kappa shape index (κ3) is 16.5.